The molecule has 0 fully saturated rings. The first-order chi connectivity index (χ1) is 5.95. The summed E-state index contributed by atoms with van der Waals surface area (Å²) in [5.74, 6) is 0. The van der Waals surface area contributed by atoms with Crippen molar-refractivity contribution in [2.45, 2.75) is 33.1 Å². The summed E-state index contributed by atoms with van der Waals surface area (Å²) in [5, 5.41) is 0. The number of aromatic nitrogens is 1. The molecule has 0 spiro atoms. The number of hydrogen-bond acceptors (Lipinski definition) is 2. The Kier molecular flexibility index (Phi) is 2.71. The van der Waals surface area contributed by atoms with E-state index in [2.05, 4.69) is 31.0 Å². The molecule has 0 unspecified atom stereocenters. The van der Waals surface area contributed by atoms with Crippen LogP contribution >= 0.6 is 0 Å². The van der Waals surface area contributed by atoms with E-state index in [0.717, 1.165) is 11.4 Å². The first-order valence-electron chi connectivity index (χ1n) is 4.61. The standard InChI is InChI=1S/C11H18N2/c1-8-5-10(6-9(2)13-8)11(3,4)7-12/h5-6H,7,12H2,1-4H3. The summed E-state index contributed by atoms with van der Waals surface area (Å²) in [6.45, 7) is 9.00. The van der Waals surface area contributed by atoms with Crippen molar-refractivity contribution in [2.24, 2.45) is 5.73 Å². The molecule has 0 saturated heterocycles. The molecule has 1 heterocycles. The second kappa shape index (κ2) is 3.46. The quantitative estimate of drug-likeness (QED) is 0.751. The summed E-state index contributed by atoms with van der Waals surface area (Å²) in [6, 6.07) is 4.22. The van der Waals surface area contributed by atoms with Crippen LogP contribution in [-0.2, 0) is 5.41 Å². The lowest BCUT2D eigenvalue weighted by Crippen LogP contribution is -2.28. The lowest BCUT2D eigenvalue weighted by molar-refractivity contribution is 0.537. The summed E-state index contributed by atoms with van der Waals surface area (Å²) >= 11 is 0. The summed E-state index contributed by atoms with van der Waals surface area (Å²) in [4.78, 5) is 4.34. The maximum absolute atomic E-state index is 5.72. The minimum atomic E-state index is 0.0540. The van der Waals surface area contributed by atoms with Gasteiger partial charge in [-0.3, -0.25) is 4.98 Å². The molecular weight excluding hydrogens is 160 g/mol. The highest BCUT2D eigenvalue weighted by atomic mass is 14.7. The molecule has 0 aromatic carbocycles. The van der Waals surface area contributed by atoms with Crippen LogP contribution in [0.25, 0.3) is 0 Å². The second-order valence-electron chi connectivity index (χ2n) is 4.23. The van der Waals surface area contributed by atoms with Crippen LogP contribution < -0.4 is 5.73 Å². The molecule has 1 rings (SSSR count). The van der Waals surface area contributed by atoms with E-state index in [-0.39, 0.29) is 5.41 Å². The molecule has 1 aromatic rings. The Morgan fingerprint density at radius 2 is 1.69 bits per heavy atom. The van der Waals surface area contributed by atoms with Gasteiger partial charge in [0, 0.05) is 23.3 Å². The average Bonchev–Trinajstić information content (AvgIpc) is 2.02. The molecule has 72 valence electrons. The minimum Gasteiger partial charge on any atom is -0.330 e. The maximum atomic E-state index is 5.72. The van der Waals surface area contributed by atoms with Gasteiger partial charge in [0.05, 0.1) is 0 Å². The van der Waals surface area contributed by atoms with Crippen molar-refractivity contribution in [2.75, 3.05) is 6.54 Å². The van der Waals surface area contributed by atoms with Gasteiger partial charge < -0.3 is 5.73 Å². The van der Waals surface area contributed by atoms with Gasteiger partial charge in [0.15, 0.2) is 0 Å². The van der Waals surface area contributed by atoms with Gasteiger partial charge in [-0.2, -0.15) is 0 Å². The van der Waals surface area contributed by atoms with Crippen molar-refractivity contribution < 1.29 is 0 Å². The van der Waals surface area contributed by atoms with Gasteiger partial charge in [0.2, 0.25) is 0 Å². The summed E-state index contributed by atoms with van der Waals surface area (Å²) in [7, 11) is 0. The summed E-state index contributed by atoms with van der Waals surface area (Å²) < 4.78 is 0. The largest absolute Gasteiger partial charge is 0.330 e. The van der Waals surface area contributed by atoms with E-state index < -0.39 is 0 Å². The Balaban J connectivity index is 3.15. The van der Waals surface area contributed by atoms with Crippen LogP contribution in [0.15, 0.2) is 12.1 Å². The van der Waals surface area contributed by atoms with E-state index in [1.165, 1.54) is 5.56 Å². The number of nitrogens with zero attached hydrogens (tertiary/aromatic N) is 1. The van der Waals surface area contributed by atoms with Crippen LogP contribution in [0.2, 0.25) is 0 Å². The predicted octanol–water partition coefficient (Wildman–Crippen LogP) is 1.93. The third kappa shape index (κ3) is 2.28. The van der Waals surface area contributed by atoms with Gasteiger partial charge in [-0.1, -0.05) is 13.8 Å². The van der Waals surface area contributed by atoms with E-state index in [4.69, 9.17) is 5.73 Å². The van der Waals surface area contributed by atoms with Crippen LogP contribution in [0.1, 0.15) is 30.8 Å². The van der Waals surface area contributed by atoms with E-state index in [9.17, 15) is 0 Å². The molecule has 2 heteroatoms. The lowest BCUT2D eigenvalue weighted by atomic mass is 9.84. The number of rotatable bonds is 2. The number of pyridine rings is 1. The molecule has 0 amide bonds. The van der Waals surface area contributed by atoms with E-state index in [0.29, 0.717) is 6.54 Å². The fraction of sp³-hybridized carbons (Fsp3) is 0.545. The van der Waals surface area contributed by atoms with Crippen LogP contribution in [0.4, 0.5) is 0 Å². The first-order valence-corrected chi connectivity index (χ1v) is 4.61. The zero-order valence-corrected chi connectivity index (χ0v) is 8.89. The molecule has 0 atom stereocenters. The lowest BCUT2D eigenvalue weighted by Gasteiger charge is -2.23. The van der Waals surface area contributed by atoms with Crippen LogP contribution in [-0.4, -0.2) is 11.5 Å². The molecule has 0 saturated carbocycles. The molecule has 2 N–H and O–H groups in total. The Morgan fingerprint density at radius 3 is 2.08 bits per heavy atom. The maximum Gasteiger partial charge on any atom is 0.0378 e. The number of aryl methyl sites for hydroxylation is 2. The summed E-state index contributed by atoms with van der Waals surface area (Å²) in [5.41, 5.74) is 9.18. The van der Waals surface area contributed by atoms with Gasteiger partial charge in [-0.15, -0.1) is 0 Å². The molecular formula is C11H18N2. The zero-order chi connectivity index (χ0) is 10.1. The fourth-order valence-corrected chi connectivity index (χ4v) is 1.34. The Hall–Kier alpha value is -0.890. The van der Waals surface area contributed by atoms with Crippen molar-refractivity contribution in [1.29, 1.82) is 0 Å². The highest BCUT2D eigenvalue weighted by Crippen LogP contribution is 2.22. The molecule has 1 aromatic heterocycles. The van der Waals surface area contributed by atoms with E-state index >= 15 is 0 Å². The zero-order valence-electron chi connectivity index (χ0n) is 8.89. The Bertz CT molecular complexity index is 283. The average molecular weight is 178 g/mol. The van der Waals surface area contributed by atoms with Gasteiger partial charge in [-0.25, -0.2) is 0 Å². The Labute approximate surface area is 80.2 Å². The van der Waals surface area contributed by atoms with Crippen LogP contribution in [0.3, 0.4) is 0 Å². The fourth-order valence-electron chi connectivity index (χ4n) is 1.34. The third-order valence-corrected chi connectivity index (χ3v) is 2.37. The number of hydrogen-bond donors (Lipinski definition) is 1. The molecule has 13 heavy (non-hydrogen) atoms. The summed E-state index contributed by atoms with van der Waals surface area (Å²) in [6.07, 6.45) is 0. The van der Waals surface area contributed by atoms with Crippen LogP contribution in [0, 0.1) is 13.8 Å². The topological polar surface area (TPSA) is 38.9 Å². The monoisotopic (exact) mass is 178 g/mol. The van der Waals surface area contributed by atoms with Crippen molar-refractivity contribution in [3.8, 4) is 0 Å². The van der Waals surface area contributed by atoms with Gasteiger partial charge in [0.1, 0.15) is 0 Å². The third-order valence-electron chi connectivity index (χ3n) is 2.37. The highest BCUT2D eigenvalue weighted by molar-refractivity contribution is 5.27. The molecule has 0 bridgehead atoms. The van der Waals surface area contributed by atoms with Crippen LogP contribution in [0.5, 0.6) is 0 Å². The first kappa shape index (κ1) is 10.2. The molecule has 0 radical (unpaired) electrons. The van der Waals surface area contributed by atoms with Gasteiger partial charge in [0.25, 0.3) is 0 Å². The SMILES string of the molecule is Cc1cc(C(C)(C)CN)cc(C)n1. The van der Waals surface area contributed by atoms with Gasteiger partial charge >= 0.3 is 0 Å². The van der Waals surface area contributed by atoms with Gasteiger partial charge in [-0.05, 0) is 31.5 Å². The molecule has 0 aliphatic carbocycles. The molecule has 0 aliphatic heterocycles. The minimum absolute atomic E-state index is 0.0540. The smallest absolute Gasteiger partial charge is 0.0378 e. The van der Waals surface area contributed by atoms with E-state index in [1.54, 1.807) is 0 Å². The molecule has 2 nitrogen and oxygen atoms in total. The normalized spacial score (nSPS) is 11.8. The molecule has 0 aliphatic rings. The second-order valence-corrected chi connectivity index (χ2v) is 4.23. The van der Waals surface area contributed by atoms with Crippen molar-refractivity contribution in [3.05, 3.63) is 29.1 Å². The Morgan fingerprint density at radius 1 is 1.23 bits per heavy atom. The van der Waals surface area contributed by atoms with Crippen molar-refractivity contribution in [3.63, 3.8) is 0 Å². The highest BCUT2D eigenvalue weighted by Gasteiger charge is 2.18. The van der Waals surface area contributed by atoms with Crippen molar-refractivity contribution in [1.82, 2.24) is 4.98 Å². The predicted molar refractivity (Wildman–Crippen MR) is 55.8 cm³/mol. The van der Waals surface area contributed by atoms with Crippen molar-refractivity contribution >= 4 is 0 Å². The number of nitrogens with two attached hydrogens (primary N) is 1. The van der Waals surface area contributed by atoms with E-state index in [1.807, 2.05) is 13.8 Å².